The van der Waals surface area contributed by atoms with Gasteiger partial charge in [0.15, 0.2) is 6.61 Å². The van der Waals surface area contributed by atoms with Crippen molar-refractivity contribution in [1.29, 1.82) is 0 Å². The van der Waals surface area contributed by atoms with Crippen LogP contribution in [0.3, 0.4) is 0 Å². The van der Waals surface area contributed by atoms with Crippen LogP contribution in [0.2, 0.25) is 0 Å². The standard InChI is InChI=1S/C9H9F3N2O4/c10-9(11,12)5-18-8-7(14(16)17)2-1-6(13-8)3-4-15/h1-2,15H,3-5H2. The zero-order valence-corrected chi connectivity index (χ0v) is 8.98. The molecule has 6 nitrogen and oxygen atoms in total. The predicted octanol–water partition coefficient (Wildman–Crippen LogP) is 1.47. The van der Waals surface area contributed by atoms with Crippen LogP contribution in [0.25, 0.3) is 0 Å². The monoisotopic (exact) mass is 266 g/mol. The number of ether oxygens (including phenoxy) is 1. The van der Waals surface area contributed by atoms with Gasteiger partial charge in [-0.3, -0.25) is 10.1 Å². The van der Waals surface area contributed by atoms with Gasteiger partial charge in [0.1, 0.15) is 0 Å². The number of aromatic nitrogens is 1. The molecule has 0 amide bonds. The van der Waals surface area contributed by atoms with Gasteiger partial charge in [-0.05, 0) is 6.07 Å². The highest BCUT2D eigenvalue weighted by molar-refractivity contribution is 5.41. The third-order valence-corrected chi connectivity index (χ3v) is 1.84. The summed E-state index contributed by atoms with van der Waals surface area (Å²) in [6.07, 6.45) is -4.54. The molecule has 1 rings (SSSR count). The summed E-state index contributed by atoms with van der Waals surface area (Å²) in [7, 11) is 0. The highest BCUT2D eigenvalue weighted by Crippen LogP contribution is 2.26. The van der Waals surface area contributed by atoms with Crippen LogP contribution in [0.1, 0.15) is 5.69 Å². The predicted molar refractivity (Wildman–Crippen MR) is 53.2 cm³/mol. The molecule has 1 heterocycles. The maximum Gasteiger partial charge on any atom is 0.422 e. The number of aliphatic hydroxyl groups is 1. The van der Waals surface area contributed by atoms with E-state index in [-0.39, 0.29) is 18.7 Å². The summed E-state index contributed by atoms with van der Waals surface area (Å²) in [5.41, 5.74) is -0.443. The minimum Gasteiger partial charge on any atom is -0.463 e. The lowest BCUT2D eigenvalue weighted by atomic mass is 10.2. The van der Waals surface area contributed by atoms with Crippen LogP contribution >= 0.6 is 0 Å². The van der Waals surface area contributed by atoms with Crippen LogP contribution < -0.4 is 4.74 Å². The molecule has 1 N–H and O–H groups in total. The van der Waals surface area contributed by atoms with Crippen LogP contribution in [0.4, 0.5) is 18.9 Å². The molecule has 0 atom stereocenters. The van der Waals surface area contributed by atoms with Crippen LogP contribution in [0.5, 0.6) is 5.88 Å². The fraction of sp³-hybridized carbons (Fsp3) is 0.444. The van der Waals surface area contributed by atoms with Gasteiger partial charge >= 0.3 is 11.9 Å². The van der Waals surface area contributed by atoms with Gasteiger partial charge in [-0.1, -0.05) is 0 Å². The van der Waals surface area contributed by atoms with Gasteiger partial charge in [0.25, 0.3) is 5.88 Å². The lowest BCUT2D eigenvalue weighted by Crippen LogP contribution is -2.20. The number of rotatable bonds is 5. The minimum absolute atomic E-state index is 0.0698. The second-order valence-electron chi connectivity index (χ2n) is 3.26. The van der Waals surface area contributed by atoms with Crippen molar-refractivity contribution in [2.45, 2.75) is 12.6 Å². The SMILES string of the molecule is O=[N+]([O-])c1ccc(CCO)nc1OCC(F)(F)F. The number of nitrogens with zero attached hydrogens (tertiary/aromatic N) is 2. The molecule has 18 heavy (non-hydrogen) atoms. The first-order chi connectivity index (χ1) is 8.33. The summed E-state index contributed by atoms with van der Waals surface area (Å²) in [6, 6.07) is 2.23. The fourth-order valence-corrected chi connectivity index (χ4v) is 1.12. The average Bonchev–Trinajstić information content (AvgIpc) is 2.25. The Bertz CT molecular complexity index is 436. The topological polar surface area (TPSA) is 85.5 Å². The molecule has 0 saturated carbocycles. The molecule has 0 aliphatic carbocycles. The summed E-state index contributed by atoms with van der Waals surface area (Å²) >= 11 is 0. The van der Waals surface area contributed by atoms with Crippen LogP contribution in [0, 0.1) is 10.1 Å². The summed E-state index contributed by atoms with van der Waals surface area (Å²) in [4.78, 5) is 13.2. The molecule has 0 radical (unpaired) electrons. The molecule has 100 valence electrons. The molecule has 0 bridgehead atoms. The smallest absolute Gasteiger partial charge is 0.422 e. The number of aliphatic hydroxyl groups excluding tert-OH is 1. The number of halogens is 3. The summed E-state index contributed by atoms with van der Waals surface area (Å²) in [5, 5.41) is 19.2. The molecule has 1 aromatic rings. The highest BCUT2D eigenvalue weighted by Gasteiger charge is 2.30. The second kappa shape index (κ2) is 5.63. The Kier molecular flexibility index (Phi) is 4.43. The summed E-state index contributed by atoms with van der Waals surface area (Å²) in [6.45, 7) is -1.94. The van der Waals surface area contributed by atoms with Crippen molar-refractivity contribution < 1.29 is 27.9 Å². The number of hydrogen-bond acceptors (Lipinski definition) is 5. The molecule has 0 aliphatic heterocycles. The van der Waals surface area contributed by atoms with Crippen LogP contribution in [-0.2, 0) is 6.42 Å². The van der Waals surface area contributed by atoms with E-state index >= 15 is 0 Å². The van der Waals surface area contributed by atoms with Gasteiger partial charge in [-0.2, -0.15) is 13.2 Å². The van der Waals surface area contributed by atoms with E-state index in [1.54, 1.807) is 0 Å². The third kappa shape index (κ3) is 4.17. The van der Waals surface area contributed by atoms with Crippen molar-refractivity contribution in [3.8, 4) is 5.88 Å². The van der Waals surface area contributed by atoms with Crippen molar-refractivity contribution in [1.82, 2.24) is 4.98 Å². The van der Waals surface area contributed by atoms with Crippen molar-refractivity contribution in [2.24, 2.45) is 0 Å². The largest absolute Gasteiger partial charge is 0.463 e. The lowest BCUT2D eigenvalue weighted by molar-refractivity contribution is -0.386. The number of hydrogen-bond donors (Lipinski definition) is 1. The Labute approximate surface area is 99.2 Å². The maximum absolute atomic E-state index is 12.0. The van der Waals surface area contributed by atoms with Gasteiger partial charge in [0.2, 0.25) is 0 Å². The fourth-order valence-electron chi connectivity index (χ4n) is 1.12. The van der Waals surface area contributed by atoms with E-state index in [1.807, 2.05) is 0 Å². The molecule has 0 fully saturated rings. The van der Waals surface area contributed by atoms with Crippen molar-refractivity contribution in [3.63, 3.8) is 0 Å². The first kappa shape index (κ1) is 14.2. The summed E-state index contributed by atoms with van der Waals surface area (Å²) < 4.78 is 40.2. The first-order valence-electron chi connectivity index (χ1n) is 4.78. The van der Waals surface area contributed by atoms with Gasteiger partial charge in [0.05, 0.1) is 4.92 Å². The van der Waals surface area contributed by atoms with Crippen LogP contribution in [-0.4, -0.2) is 34.4 Å². The van der Waals surface area contributed by atoms with E-state index in [0.29, 0.717) is 0 Å². The first-order valence-corrected chi connectivity index (χ1v) is 4.78. The molecule has 0 unspecified atom stereocenters. The Morgan fingerprint density at radius 1 is 1.44 bits per heavy atom. The average molecular weight is 266 g/mol. The van der Waals surface area contributed by atoms with Crippen molar-refractivity contribution in [3.05, 3.63) is 27.9 Å². The molecular formula is C9H9F3N2O4. The van der Waals surface area contributed by atoms with Crippen LogP contribution in [0.15, 0.2) is 12.1 Å². The minimum atomic E-state index is -4.61. The van der Waals surface area contributed by atoms with E-state index in [1.165, 1.54) is 6.07 Å². The molecule has 0 aliphatic rings. The van der Waals surface area contributed by atoms with Crippen molar-refractivity contribution >= 4 is 5.69 Å². The molecule has 9 heteroatoms. The third-order valence-electron chi connectivity index (χ3n) is 1.84. The quantitative estimate of drug-likeness (QED) is 0.644. The molecule has 0 aromatic carbocycles. The molecular weight excluding hydrogens is 257 g/mol. The zero-order valence-electron chi connectivity index (χ0n) is 8.98. The maximum atomic E-state index is 12.0. The second-order valence-corrected chi connectivity index (χ2v) is 3.26. The lowest BCUT2D eigenvalue weighted by Gasteiger charge is -2.09. The van der Waals surface area contributed by atoms with Crippen molar-refractivity contribution in [2.75, 3.05) is 13.2 Å². The number of pyridine rings is 1. The van der Waals surface area contributed by atoms with Gasteiger partial charge in [-0.15, -0.1) is 0 Å². The molecule has 0 spiro atoms. The summed E-state index contributed by atoms with van der Waals surface area (Å²) in [5.74, 6) is -0.705. The van der Waals surface area contributed by atoms with E-state index < -0.39 is 29.3 Å². The Hall–Kier alpha value is -1.90. The highest BCUT2D eigenvalue weighted by atomic mass is 19.4. The van der Waals surface area contributed by atoms with Gasteiger partial charge in [0, 0.05) is 24.8 Å². The van der Waals surface area contributed by atoms with E-state index in [9.17, 15) is 23.3 Å². The Balaban J connectivity index is 2.96. The van der Waals surface area contributed by atoms with Gasteiger partial charge < -0.3 is 9.84 Å². The molecule has 0 saturated heterocycles. The van der Waals surface area contributed by atoms with E-state index in [2.05, 4.69) is 9.72 Å². The van der Waals surface area contributed by atoms with E-state index in [0.717, 1.165) is 6.07 Å². The molecule has 1 aromatic heterocycles. The number of nitro groups is 1. The Morgan fingerprint density at radius 3 is 2.61 bits per heavy atom. The normalized spacial score (nSPS) is 11.3. The van der Waals surface area contributed by atoms with E-state index in [4.69, 9.17) is 5.11 Å². The van der Waals surface area contributed by atoms with Gasteiger partial charge in [-0.25, -0.2) is 4.98 Å². The number of alkyl halides is 3. The zero-order chi connectivity index (χ0) is 13.8. The Morgan fingerprint density at radius 2 is 2.11 bits per heavy atom.